The molecule has 1 N–H and O–H groups in total. The average Bonchev–Trinajstić information content (AvgIpc) is 3.02. The third kappa shape index (κ3) is 5.04. The van der Waals surface area contributed by atoms with Gasteiger partial charge in [0.1, 0.15) is 0 Å². The molecule has 7 nitrogen and oxygen atoms in total. The fraction of sp³-hybridized carbons (Fsp3) is 0.185. The van der Waals surface area contributed by atoms with Crippen molar-refractivity contribution in [1.82, 2.24) is 0 Å². The molecule has 34 heavy (non-hydrogen) atoms. The van der Waals surface area contributed by atoms with Crippen LogP contribution in [-0.2, 0) is 9.63 Å². The lowest BCUT2D eigenvalue weighted by Crippen LogP contribution is -2.31. The number of rotatable bonds is 4. The minimum atomic E-state index is -0.489. The van der Waals surface area contributed by atoms with Crippen LogP contribution in [0, 0.1) is 6.92 Å². The van der Waals surface area contributed by atoms with Gasteiger partial charge in [0.05, 0.1) is 11.4 Å². The number of benzene rings is 3. The van der Waals surface area contributed by atoms with Crippen molar-refractivity contribution in [3.05, 3.63) is 95.1 Å². The number of aryl methyl sites for hydroxylation is 1. The third-order valence-electron chi connectivity index (χ3n) is 5.61. The van der Waals surface area contributed by atoms with Crippen molar-refractivity contribution >= 4 is 34.9 Å². The van der Waals surface area contributed by atoms with Gasteiger partial charge in [0, 0.05) is 35.8 Å². The molecular formula is C27H25N3O4. The summed E-state index contributed by atoms with van der Waals surface area (Å²) in [6, 6.07) is 21.7. The summed E-state index contributed by atoms with van der Waals surface area (Å²) in [7, 11) is 0. The number of nitrogens with zero attached hydrogens (tertiary/aromatic N) is 2. The van der Waals surface area contributed by atoms with Gasteiger partial charge >= 0.3 is 5.97 Å². The first-order valence-corrected chi connectivity index (χ1v) is 11.1. The standard InChI is InChI=1S/C27H25N3O4/c1-18-8-3-4-9-22(18)26(32)28-21-15-13-20(14-16-21)27(33)30-17-7-11-24(29-34-19(2)31)23-10-5-6-12-25(23)30/h3-6,8-10,12-16H,7,11,17H2,1-2H3,(H,28,32)/b29-24-. The van der Waals surface area contributed by atoms with Crippen LogP contribution in [0.3, 0.4) is 0 Å². The van der Waals surface area contributed by atoms with Crippen LogP contribution in [0.25, 0.3) is 0 Å². The average molecular weight is 456 g/mol. The van der Waals surface area contributed by atoms with Crippen LogP contribution in [-0.4, -0.2) is 30.0 Å². The Labute approximate surface area is 198 Å². The molecule has 0 saturated heterocycles. The summed E-state index contributed by atoms with van der Waals surface area (Å²) in [5, 5.41) is 6.89. The minimum absolute atomic E-state index is 0.155. The smallest absolute Gasteiger partial charge is 0.322 e. The fourth-order valence-electron chi connectivity index (χ4n) is 3.92. The van der Waals surface area contributed by atoms with E-state index in [9.17, 15) is 14.4 Å². The molecule has 0 saturated carbocycles. The number of hydrogen-bond donors (Lipinski definition) is 1. The molecule has 2 amide bonds. The van der Waals surface area contributed by atoms with E-state index in [4.69, 9.17) is 4.84 Å². The molecule has 0 unspecified atom stereocenters. The number of nitrogens with one attached hydrogen (secondary N) is 1. The molecule has 1 heterocycles. The molecule has 7 heteroatoms. The summed E-state index contributed by atoms with van der Waals surface area (Å²) in [5.74, 6) is -0.840. The van der Waals surface area contributed by atoms with Gasteiger partial charge in [0.2, 0.25) is 0 Å². The summed E-state index contributed by atoms with van der Waals surface area (Å²) >= 11 is 0. The van der Waals surface area contributed by atoms with Crippen LogP contribution < -0.4 is 10.2 Å². The van der Waals surface area contributed by atoms with Gasteiger partial charge in [0.25, 0.3) is 11.8 Å². The molecule has 172 valence electrons. The Hall–Kier alpha value is -4.26. The number of oxime groups is 1. The summed E-state index contributed by atoms with van der Waals surface area (Å²) < 4.78 is 0. The van der Waals surface area contributed by atoms with E-state index in [1.54, 1.807) is 35.2 Å². The monoisotopic (exact) mass is 455 g/mol. The van der Waals surface area contributed by atoms with Crippen LogP contribution in [0.5, 0.6) is 0 Å². The Balaban J connectivity index is 1.54. The third-order valence-corrected chi connectivity index (χ3v) is 5.61. The lowest BCUT2D eigenvalue weighted by Gasteiger charge is -2.23. The molecule has 0 radical (unpaired) electrons. The summed E-state index contributed by atoms with van der Waals surface area (Å²) in [4.78, 5) is 43.8. The van der Waals surface area contributed by atoms with Gasteiger partial charge in [-0.2, -0.15) is 0 Å². The Morgan fingerprint density at radius 3 is 2.38 bits per heavy atom. The number of carbonyl (C=O) groups is 3. The second kappa shape index (κ2) is 10.1. The highest BCUT2D eigenvalue weighted by molar-refractivity contribution is 6.13. The largest absolute Gasteiger partial charge is 0.331 e. The van der Waals surface area contributed by atoms with E-state index in [-0.39, 0.29) is 11.8 Å². The van der Waals surface area contributed by atoms with Crippen molar-refractivity contribution in [1.29, 1.82) is 0 Å². The van der Waals surface area contributed by atoms with Gasteiger partial charge in [-0.3, -0.25) is 9.59 Å². The van der Waals surface area contributed by atoms with Crippen molar-refractivity contribution in [3.8, 4) is 0 Å². The Morgan fingerprint density at radius 1 is 0.941 bits per heavy atom. The molecule has 3 aromatic rings. The highest BCUT2D eigenvalue weighted by Crippen LogP contribution is 2.28. The van der Waals surface area contributed by atoms with Crippen LogP contribution in [0.15, 0.2) is 78.0 Å². The fourth-order valence-corrected chi connectivity index (χ4v) is 3.92. The molecule has 0 bridgehead atoms. The lowest BCUT2D eigenvalue weighted by atomic mass is 10.1. The number of hydrogen-bond acceptors (Lipinski definition) is 5. The minimum Gasteiger partial charge on any atom is -0.322 e. The number of carbonyl (C=O) groups excluding carboxylic acids is 3. The van der Waals surface area contributed by atoms with Crippen LogP contribution in [0.1, 0.15) is 51.6 Å². The maximum Gasteiger partial charge on any atom is 0.331 e. The zero-order valence-electron chi connectivity index (χ0n) is 19.1. The number of para-hydroxylation sites is 1. The SMILES string of the molecule is CC(=O)O/N=C1/CCCN(C(=O)c2ccc(NC(=O)c3ccccc3C)cc2)c2ccccc21. The zero-order valence-corrected chi connectivity index (χ0v) is 19.1. The zero-order chi connectivity index (χ0) is 24.1. The summed E-state index contributed by atoms with van der Waals surface area (Å²) in [6.07, 6.45) is 1.25. The molecule has 0 atom stereocenters. The number of fused-ring (bicyclic) bond motifs is 1. The van der Waals surface area contributed by atoms with E-state index in [1.165, 1.54) is 6.92 Å². The van der Waals surface area contributed by atoms with Crippen molar-refractivity contribution < 1.29 is 19.2 Å². The molecule has 0 aromatic heterocycles. The Kier molecular flexibility index (Phi) is 6.82. The number of amides is 2. The highest BCUT2D eigenvalue weighted by atomic mass is 16.7. The summed E-state index contributed by atoms with van der Waals surface area (Å²) in [6.45, 7) is 3.69. The van der Waals surface area contributed by atoms with Crippen LogP contribution in [0.2, 0.25) is 0 Å². The van der Waals surface area contributed by atoms with E-state index >= 15 is 0 Å². The van der Waals surface area contributed by atoms with Crippen LogP contribution >= 0.6 is 0 Å². The maximum atomic E-state index is 13.4. The molecular weight excluding hydrogens is 430 g/mol. The van der Waals surface area contributed by atoms with E-state index in [1.807, 2.05) is 49.4 Å². The molecule has 0 spiro atoms. The van der Waals surface area contributed by atoms with Crippen molar-refractivity contribution in [2.24, 2.45) is 5.16 Å². The maximum absolute atomic E-state index is 13.4. The van der Waals surface area contributed by atoms with Gasteiger partial charge in [-0.1, -0.05) is 41.6 Å². The quantitative estimate of drug-likeness (QED) is 0.445. The Bertz CT molecular complexity index is 1260. The molecule has 0 aliphatic carbocycles. The van der Waals surface area contributed by atoms with E-state index in [0.717, 1.165) is 11.1 Å². The topological polar surface area (TPSA) is 88.1 Å². The van der Waals surface area contributed by atoms with Gasteiger partial charge < -0.3 is 15.1 Å². The predicted molar refractivity (Wildman–Crippen MR) is 131 cm³/mol. The second-order valence-corrected chi connectivity index (χ2v) is 8.04. The van der Waals surface area contributed by atoms with E-state index in [2.05, 4.69) is 10.5 Å². The van der Waals surface area contributed by atoms with Gasteiger partial charge in [-0.15, -0.1) is 0 Å². The van der Waals surface area contributed by atoms with Gasteiger partial charge in [0.15, 0.2) is 0 Å². The predicted octanol–water partition coefficient (Wildman–Crippen LogP) is 4.96. The van der Waals surface area contributed by atoms with Crippen molar-refractivity contribution in [2.75, 3.05) is 16.8 Å². The molecule has 1 aliphatic heterocycles. The van der Waals surface area contributed by atoms with E-state index in [0.29, 0.717) is 47.6 Å². The molecule has 3 aromatic carbocycles. The molecule has 0 fully saturated rings. The lowest BCUT2D eigenvalue weighted by molar-refractivity contribution is -0.140. The molecule has 1 aliphatic rings. The Morgan fingerprint density at radius 2 is 1.65 bits per heavy atom. The van der Waals surface area contributed by atoms with Gasteiger partial charge in [-0.25, -0.2) is 4.79 Å². The first-order chi connectivity index (χ1) is 16.4. The summed E-state index contributed by atoms with van der Waals surface area (Å²) in [5.41, 5.74) is 4.72. The first-order valence-electron chi connectivity index (χ1n) is 11.1. The number of anilines is 2. The van der Waals surface area contributed by atoms with Crippen molar-refractivity contribution in [3.63, 3.8) is 0 Å². The highest BCUT2D eigenvalue weighted by Gasteiger charge is 2.25. The first kappa shape index (κ1) is 22.9. The van der Waals surface area contributed by atoms with Crippen LogP contribution in [0.4, 0.5) is 11.4 Å². The van der Waals surface area contributed by atoms with Crippen molar-refractivity contribution in [2.45, 2.75) is 26.7 Å². The van der Waals surface area contributed by atoms with E-state index < -0.39 is 5.97 Å². The normalized spacial score (nSPS) is 14.2. The van der Waals surface area contributed by atoms with Gasteiger partial charge in [-0.05, 0) is 61.7 Å². The second-order valence-electron chi connectivity index (χ2n) is 8.04. The molecule has 4 rings (SSSR count).